The third-order valence-corrected chi connectivity index (χ3v) is 4.31. The van der Waals surface area contributed by atoms with Gasteiger partial charge in [0, 0.05) is 37.6 Å². The quantitative estimate of drug-likeness (QED) is 0.192. The molecule has 27 heavy (non-hydrogen) atoms. The number of carboxylic acids is 2. The van der Waals surface area contributed by atoms with Gasteiger partial charge in [0.2, 0.25) is 0 Å². The van der Waals surface area contributed by atoms with Crippen molar-refractivity contribution in [3.05, 3.63) is 0 Å². The number of rotatable bonds is 14. The molecule has 0 unspecified atom stereocenters. The van der Waals surface area contributed by atoms with Gasteiger partial charge in [-0.1, -0.05) is 13.8 Å². The Morgan fingerprint density at radius 2 is 1.00 bits per heavy atom. The second kappa shape index (κ2) is 25.0. The Hall–Kier alpha value is -1.00. The first-order valence-corrected chi connectivity index (χ1v) is 11.5. The Kier molecular flexibility index (Phi) is 28.4. The van der Waals surface area contributed by atoms with Crippen molar-refractivity contribution in [2.24, 2.45) is 0 Å². The number of hydrogen-bond donors (Lipinski definition) is 0. The maximum absolute atomic E-state index is 10.4. The molecule has 0 fully saturated rings. The zero-order valence-electron chi connectivity index (χ0n) is 16.8. The standard InChI is InChI=1S/2C6H10O3.2C3H7O.Sn/c2*1-2-3-5(7)4-6(8)9;2*1-2-3-4;/h2*2-4H2,1H3,(H,8,9);2*2-3H2,1H3;/q;;2*-1;+4/p-2. The van der Waals surface area contributed by atoms with Gasteiger partial charge in [0.15, 0.2) is 0 Å². The monoisotopic (exact) mass is 496 g/mol. The van der Waals surface area contributed by atoms with Crippen LogP contribution in [0.1, 0.15) is 79.1 Å². The molecule has 0 N–H and O–H groups in total. The van der Waals surface area contributed by atoms with Crippen LogP contribution < -0.4 is 10.2 Å². The topological polar surface area (TPSA) is 133 Å². The number of hydrogen-bond acceptors (Lipinski definition) is 8. The normalized spacial score (nSPS) is 9.04. The summed E-state index contributed by atoms with van der Waals surface area (Å²) >= 11 is -0.851. The molecule has 0 aromatic carbocycles. The van der Waals surface area contributed by atoms with E-state index in [1.807, 2.05) is 13.8 Å². The van der Waals surface area contributed by atoms with Crippen LogP contribution in [-0.2, 0) is 25.3 Å². The molecule has 0 aliphatic carbocycles. The van der Waals surface area contributed by atoms with Gasteiger partial charge in [0.1, 0.15) is 11.6 Å². The summed E-state index contributed by atoms with van der Waals surface area (Å²) in [6, 6.07) is 0. The molecule has 0 aliphatic heterocycles. The van der Waals surface area contributed by atoms with Crippen molar-refractivity contribution in [1.82, 2.24) is 0 Å². The number of aliphatic carboxylic acids is 2. The zero-order valence-corrected chi connectivity index (χ0v) is 19.7. The van der Waals surface area contributed by atoms with Gasteiger partial charge in [0.05, 0.1) is 0 Å². The molecule has 0 amide bonds. The van der Waals surface area contributed by atoms with Crippen molar-refractivity contribution in [2.45, 2.75) is 79.1 Å². The van der Waals surface area contributed by atoms with E-state index in [0.29, 0.717) is 25.7 Å². The summed E-state index contributed by atoms with van der Waals surface area (Å²) in [6.07, 6.45) is 3.43. The van der Waals surface area contributed by atoms with E-state index in [0.717, 1.165) is 26.1 Å². The van der Waals surface area contributed by atoms with E-state index < -0.39 is 46.8 Å². The number of carbonyl (C=O) groups excluding carboxylic acids is 4. The van der Waals surface area contributed by atoms with Gasteiger partial charge >= 0.3 is 68.0 Å². The summed E-state index contributed by atoms with van der Waals surface area (Å²) in [5.74, 6) is -3.07. The molecule has 0 rings (SSSR count). The molecule has 0 aromatic heterocycles. The second-order valence-corrected chi connectivity index (χ2v) is 7.58. The minimum atomic E-state index is -1.28. The fraction of sp³-hybridized carbons (Fsp3) is 0.778. The van der Waals surface area contributed by atoms with Crippen LogP contribution in [0.5, 0.6) is 0 Å². The van der Waals surface area contributed by atoms with Crippen LogP contribution in [0.15, 0.2) is 0 Å². The molecule has 0 saturated heterocycles. The first-order chi connectivity index (χ1) is 12.7. The van der Waals surface area contributed by atoms with Crippen LogP contribution in [0.4, 0.5) is 0 Å². The molecule has 8 nitrogen and oxygen atoms in total. The van der Waals surface area contributed by atoms with E-state index >= 15 is 0 Å². The Labute approximate surface area is 173 Å². The SMILES string of the molecule is CCCC(=O)CC(=O)[O-].CCCC(=O)CC(=O)[O-].CCC[O][Sn+2][O]CCC. The predicted octanol–water partition coefficient (Wildman–Crippen LogP) is 0.365. The van der Waals surface area contributed by atoms with Gasteiger partial charge in [-0.2, -0.15) is 0 Å². The van der Waals surface area contributed by atoms with Crippen LogP contribution in [-0.4, -0.2) is 58.7 Å². The van der Waals surface area contributed by atoms with E-state index in [4.69, 9.17) is 6.15 Å². The van der Waals surface area contributed by atoms with Crippen molar-refractivity contribution >= 4 is 45.5 Å². The molecular formula is C18H32O8Sn. The Morgan fingerprint density at radius 3 is 1.22 bits per heavy atom. The molecule has 0 heterocycles. The summed E-state index contributed by atoms with van der Waals surface area (Å²) < 4.78 is 10.5. The molecule has 156 valence electrons. The van der Waals surface area contributed by atoms with Gasteiger partial charge in [-0.15, -0.1) is 0 Å². The van der Waals surface area contributed by atoms with E-state index in [2.05, 4.69) is 13.8 Å². The summed E-state index contributed by atoms with van der Waals surface area (Å²) in [5, 5.41) is 19.5. The van der Waals surface area contributed by atoms with Crippen LogP contribution in [0.2, 0.25) is 0 Å². The van der Waals surface area contributed by atoms with E-state index in [9.17, 15) is 29.4 Å². The van der Waals surface area contributed by atoms with Gasteiger partial charge in [-0.05, 0) is 12.8 Å². The molecule has 0 atom stereocenters. The summed E-state index contributed by atoms with van der Waals surface area (Å²) in [5.41, 5.74) is 0. The Bertz CT molecular complexity index is 363. The van der Waals surface area contributed by atoms with Crippen molar-refractivity contribution in [2.75, 3.05) is 13.2 Å². The molecule has 0 radical (unpaired) electrons. The van der Waals surface area contributed by atoms with Gasteiger partial charge in [-0.25, -0.2) is 0 Å². The molecule has 0 bridgehead atoms. The average molecular weight is 495 g/mol. The second-order valence-electron chi connectivity index (χ2n) is 5.46. The number of carbonyl (C=O) groups is 4. The van der Waals surface area contributed by atoms with Crippen LogP contribution >= 0.6 is 0 Å². The van der Waals surface area contributed by atoms with Crippen LogP contribution in [0.25, 0.3) is 0 Å². The van der Waals surface area contributed by atoms with Gasteiger partial charge in [-0.3, -0.25) is 9.59 Å². The molecule has 0 aromatic rings. The van der Waals surface area contributed by atoms with Crippen LogP contribution in [0.3, 0.4) is 0 Å². The number of Topliss-reactive ketones (excluding diaryl/α,β-unsaturated/α-hetero) is 2. The van der Waals surface area contributed by atoms with E-state index in [1.54, 1.807) is 0 Å². The third kappa shape index (κ3) is 36.6. The van der Waals surface area contributed by atoms with Crippen LogP contribution in [0, 0.1) is 0 Å². The number of ketones is 2. The van der Waals surface area contributed by atoms with E-state index in [1.165, 1.54) is 0 Å². The predicted molar refractivity (Wildman–Crippen MR) is 97.3 cm³/mol. The molecule has 0 spiro atoms. The summed E-state index contributed by atoms with van der Waals surface area (Å²) in [7, 11) is 0. The van der Waals surface area contributed by atoms with Crippen molar-refractivity contribution in [3.8, 4) is 0 Å². The zero-order chi connectivity index (χ0) is 21.5. The number of carboxylic acid groups (broad SMARTS) is 2. The minimum absolute atomic E-state index is 0.252. The fourth-order valence-electron chi connectivity index (χ4n) is 1.39. The van der Waals surface area contributed by atoms with Gasteiger partial charge in [0.25, 0.3) is 0 Å². The molecule has 0 saturated carbocycles. The Balaban J connectivity index is -0.000000320. The summed E-state index contributed by atoms with van der Waals surface area (Å²) in [6.45, 7) is 9.64. The van der Waals surface area contributed by atoms with Crippen molar-refractivity contribution in [3.63, 3.8) is 0 Å². The first-order valence-electron chi connectivity index (χ1n) is 9.16. The van der Waals surface area contributed by atoms with Crippen molar-refractivity contribution in [1.29, 1.82) is 0 Å². The van der Waals surface area contributed by atoms with Crippen molar-refractivity contribution < 1.29 is 35.5 Å². The fourth-order valence-corrected chi connectivity index (χ4v) is 3.26. The Morgan fingerprint density at radius 1 is 0.667 bits per heavy atom. The molecular weight excluding hydrogens is 463 g/mol. The van der Waals surface area contributed by atoms with E-state index in [-0.39, 0.29) is 11.6 Å². The summed E-state index contributed by atoms with van der Waals surface area (Å²) in [4.78, 5) is 40.4. The average Bonchev–Trinajstić information content (AvgIpc) is 2.55. The third-order valence-electron chi connectivity index (χ3n) is 2.47. The molecule has 9 heteroatoms. The maximum atomic E-state index is 10.4. The molecule has 0 aliphatic rings. The first kappa shape index (κ1) is 30.7. The van der Waals surface area contributed by atoms with Gasteiger partial charge < -0.3 is 19.8 Å².